The molecule has 7 nitrogen and oxygen atoms in total. The highest BCUT2D eigenvalue weighted by atomic mass is 16.6. The van der Waals surface area contributed by atoms with E-state index in [1.54, 1.807) is 20.8 Å². The first-order valence-electron chi connectivity index (χ1n) is 9.34. The van der Waals surface area contributed by atoms with Gasteiger partial charge in [0.05, 0.1) is 17.9 Å². The monoisotopic (exact) mass is 381 g/mol. The van der Waals surface area contributed by atoms with E-state index in [9.17, 15) is 14.4 Å². The van der Waals surface area contributed by atoms with Crippen LogP contribution in [-0.4, -0.2) is 47.3 Å². The number of amidine groups is 1. The number of hydrogen-bond acceptors (Lipinski definition) is 4. The van der Waals surface area contributed by atoms with Gasteiger partial charge < -0.3 is 9.64 Å². The van der Waals surface area contributed by atoms with Crippen LogP contribution in [0.4, 0.5) is 10.5 Å². The largest absolute Gasteiger partial charge is 0.442 e. The van der Waals surface area contributed by atoms with Crippen LogP contribution in [0.5, 0.6) is 0 Å². The standard InChI is InChI=1S/C21H23N3O4/c1-21(2,3)28-20(27)22-17-13-10-11-14(24(17)12-8-6-5-7-9-12)16-15(13)18(25)23(4)19(16)26/h5-11,13-16H,1-4H3/b22-17+/t13-,14+,15+,16-/m0/s1. The van der Waals surface area contributed by atoms with Gasteiger partial charge in [0.1, 0.15) is 11.4 Å². The molecule has 28 heavy (non-hydrogen) atoms. The van der Waals surface area contributed by atoms with Crippen LogP contribution in [-0.2, 0) is 14.3 Å². The van der Waals surface area contributed by atoms with Gasteiger partial charge in [0, 0.05) is 18.7 Å². The fourth-order valence-corrected chi connectivity index (χ4v) is 4.28. The van der Waals surface area contributed by atoms with E-state index in [2.05, 4.69) is 4.99 Å². The first-order chi connectivity index (χ1) is 13.2. The van der Waals surface area contributed by atoms with Gasteiger partial charge >= 0.3 is 6.09 Å². The van der Waals surface area contributed by atoms with Gasteiger partial charge in [0.15, 0.2) is 0 Å². The maximum atomic E-state index is 12.7. The maximum Gasteiger partial charge on any atom is 0.435 e. The van der Waals surface area contributed by atoms with Crippen LogP contribution >= 0.6 is 0 Å². The smallest absolute Gasteiger partial charge is 0.435 e. The predicted molar refractivity (Wildman–Crippen MR) is 104 cm³/mol. The number of likely N-dealkylation sites (tertiary alicyclic amines) is 1. The molecule has 0 spiro atoms. The number of carbonyl (C=O) groups excluding carboxylic acids is 3. The number of nitrogens with zero attached hydrogens (tertiary/aromatic N) is 3. The van der Waals surface area contributed by atoms with Crippen molar-refractivity contribution in [2.45, 2.75) is 32.4 Å². The number of amides is 3. The van der Waals surface area contributed by atoms with Crippen LogP contribution < -0.4 is 4.90 Å². The average molecular weight is 381 g/mol. The summed E-state index contributed by atoms with van der Waals surface area (Å²) >= 11 is 0. The first-order valence-corrected chi connectivity index (χ1v) is 9.34. The normalized spacial score (nSPS) is 30.2. The molecule has 1 aromatic rings. The van der Waals surface area contributed by atoms with Crippen molar-refractivity contribution < 1.29 is 19.1 Å². The number of piperidine rings is 1. The van der Waals surface area contributed by atoms with Gasteiger partial charge in [-0.15, -0.1) is 0 Å². The van der Waals surface area contributed by atoms with Gasteiger partial charge in [-0.05, 0) is 32.9 Å². The highest BCUT2D eigenvalue weighted by Crippen LogP contribution is 2.47. The lowest BCUT2D eigenvalue weighted by atomic mass is 9.69. The van der Waals surface area contributed by atoms with Crippen molar-refractivity contribution in [1.82, 2.24) is 4.90 Å². The SMILES string of the molecule is CN1C(=O)[C@@H]2[C@H](C1=O)[C@@H]1C=C[C@H]2N(c2ccccc2)/C1=N/C(=O)OC(C)(C)C. The van der Waals surface area contributed by atoms with Crippen molar-refractivity contribution in [2.75, 3.05) is 11.9 Å². The van der Waals surface area contributed by atoms with Crippen molar-refractivity contribution >= 4 is 29.4 Å². The molecule has 3 heterocycles. The van der Waals surface area contributed by atoms with Crippen molar-refractivity contribution in [2.24, 2.45) is 22.7 Å². The Morgan fingerprint density at radius 1 is 1.04 bits per heavy atom. The molecule has 0 radical (unpaired) electrons. The topological polar surface area (TPSA) is 79.3 Å². The summed E-state index contributed by atoms with van der Waals surface area (Å²) in [5.41, 5.74) is 0.141. The minimum Gasteiger partial charge on any atom is -0.442 e. The van der Waals surface area contributed by atoms with E-state index >= 15 is 0 Å². The fourth-order valence-electron chi connectivity index (χ4n) is 4.28. The molecule has 146 valence electrons. The van der Waals surface area contributed by atoms with Crippen molar-refractivity contribution in [3.05, 3.63) is 42.5 Å². The van der Waals surface area contributed by atoms with Crippen LogP contribution in [0.25, 0.3) is 0 Å². The van der Waals surface area contributed by atoms with Gasteiger partial charge in [-0.25, -0.2) is 4.79 Å². The van der Waals surface area contributed by atoms with E-state index in [0.29, 0.717) is 5.84 Å². The second kappa shape index (κ2) is 6.29. The molecule has 0 N–H and O–H groups in total. The lowest BCUT2D eigenvalue weighted by Crippen LogP contribution is -2.60. The second-order valence-corrected chi connectivity index (χ2v) is 8.34. The Labute approximate surface area is 163 Å². The lowest BCUT2D eigenvalue weighted by molar-refractivity contribution is -0.138. The summed E-state index contributed by atoms with van der Waals surface area (Å²) in [6.07, 6.45) is 3.13. The molecule has 5 rings (SSSR count). The molecule has 1 aliphatic carbocycles. The van der Waals surface area contributed by atoms with E-state index in [1.165, 1.54) is 11.9 Å². The molecule has 4 aliphatic rings. The van der Waals surface area contributed by atoms with E-state index < -0.39 is 29.4 Å². The van der Waals surface area contributed by atoms with E-state index in [1.807, 2.05) is 47.4 Å². The van der Waals surface area contributed by atoms with Crippen LogP contribution in [0.2, 0.25) is 0 Å². The Morgan fingerprint density at radius 3 is 2.32 bits per heavy atom. The third-order valence-electron chi connectivity index (χ3n) is 5.37. The predicted octanol–water partition coefficient (Wildman–Crippen LogP) is 2.63. The van der Waals surface area contributed by atoms with Gasteiger partial charge in [0.25, 0.3) is 0 Å². The minimum atomic E-state index is -0.703. The Bertz CT molecular complexity index is 900. The highest BCUT2D eigenvalue weighted by Gasteiger charge is 2.60. The summed E-state index contributed by atoms with van der Waals surface area (Å²) in [5.74, 6) is -1.43. The van der Waals surface area contributed by atoms with Gasteiger partial charge in [0.2, 0.25) is 11.8 Å². The molecule has 4 atom stereocenters. The third-order valence-corrected chi connectivity index (χ3v) is 5.37. The molecule has 7 heteroatoms. The van der Waals surface area contributed by atoms with Gasteiger partial charge in [-0.1, -0.05) is 30.4 Å². The molecule has 3 aliphatic heterocycles. The molecule has 0 unspecified atom stereocenters. The Balaban J connectivity index is 1.81. The minimum absolute atomic E-state index is 0.188. The number of imide groups is 1. The molecular weight excluding hydrogens is 358 g/mol. The van der Waals surface area contributed by atoms with Gasteiger partial charge in [-0.3, -0.25) is 14.5 Å². The van der Waals surface area contributed by atoms with Crippen LogP contribution in [0.3, 0.4) is 0 Å². The highest BCUT2D eigenvalue weighted by molar-refractivity contribution is 6.15. The number of para-hydroxylation sites is 1. The number of ether oxygens (including phenoxy) is 1. The molecule has 2 fully saturated rings. The zero-order chi connectivity index (χ0) is 20.2. The number of rotatable bonds is 1. The Hall–Kier alpha value is -2.96. The second-order valence-electron chi connectivity index (χ2n) is 8.34. The Morgan fingerprint density at radius 2 is 1.68 bits per heavy atom. The summed E-state index contributed by atoms with van der Waals surface area (Å²) in [4.78, 5) is 45.3. The zero-order valence-electron chi connectivity index (χ0n) is 16.3. The number of anilines is 1. The van der Waals surface area contributed by atoms with Crippen LogP contribution in [0.15, 0.2) is 47.5 Å². The fraction of sp³-hybridized carbons (Fsp3) is 0.429. The van der Waals surface area contributed by atoms with Crippen LogP contribution in [0.1, 0.15) is 20.8 Å². The van der Waals surface area contributed by atoms with Gasteiger partial charge in [-0.2, -0.15) is 4.99 Å². The van der Waals surface area contributed by atoms with Crippen LogP contribution in [0, 0.1) is 17.8 Å². The summed E-state index contributed by atoms with van der Waals surface area (Å²) in [6.45, 7) is 5.32. The maximum absolute atomic E-state index is 12.7. The summed E-state index contributed by atoms with van der Waals surface area (Å²) in [6, 6.07) is 9.10. The number of fused-ring (bicyclic) bond motifs is 1. The molecular formula is C21H23N3O4. The number of carbonyl (C=O) groups is 3. The molecule has 0 saturated carbocycles. The third kappa shape index (κ3) is 2.82. The number of benzene rings is 1. The first kappa shape index (κ1) is 18.4. The molecule has 2 bridgehead atoms. The molecule has 2 saturated heterocycles. The molecule has 1 aromatic carbocycles. The zero-order valence-corrected chi connectivity index (χ0v) is 16.3. The quantitative estimate of drug-likeness (QED) is 0.552. The Kier molecular flexibility index (Phi) is 4.14. The summed E-state index contributed by atoms with van der Waals surface area (Å²) in [5, 5.41) is 0. The van der Waals surface area contributed by atoms with Crippen molar-refractivity contribution in [3.63, 3.8) is 0 Å². The van der Waals surface area contributed by atoms with Crippen molar-refractivity contribution in [3.8, 4) is 0 Å². The lowest BCUT2D eigenvalue weighted by Gasteiger charge is -2.48. The van der Waals surface area contributed by atoms with E-state index in [4.69, 9.17) is 4.74 Å². The summed E-state index contributed by atoms with van der Waals surface area (Å²) < 4.78 is 5.37. The average Bonchev–Trinajstić information content (AvgIpc) is 2.87. The molecule has 0 aromatic heterocycles. The summed E-state index contributed by atoms with van der Waals surface area (Å²) in [7, 11) is 1.51. The van der Waals surface area contributed by atoms with Crippen molar-refractivity contribution in [1.29, 1.82) is 0 Å². The number of aliphatic imine (C=N–C) groups is 1. The van der Waals surface area contributed by atoms with E-state index in [-0.39, 0.29) is 17.9 Å². The molecule has 3 amide bonds. The van der Waals surface area contributed by atoms with E-state index in [0.717, 1.165) is 5.69 Å². The number of hydrogen-bond donors (Lipinski definition) is 0.